The first kappa shape index (κ1) is 12.6. The molecule has 0 aliphatic carbocycles. The van der Waals surface area contributed by atoms with E-state index in [1.54, 1.807) is 0 Å². The molecule has 2 aromatic rings. The summed E-state index contributed by atoms with van der Waals surface area (Å²) in [5, 5.41) is 6.44. The second-order valence-electron chi connectivity index (χ2n) is 5.03. The fourth-order valence-corrected chi connectivity index (χ4v) is 2.56. The van der Waals surface area contributed by atoms with Gasteiger partial charge >= 0.3 is 5.97 Å². The standard InChI is InChI=1S/C17H13N3O2/c21-16-15-13(10-22-16)12-8-4-5-9-14(12)19-17(20-15)18-11-6-2-1-3-7-11/h1-9H,10H2,(H2,18,19,20). The van der Waals surface area contributed by atoms with Gasteiger partial charge in [-0.15, -0.1) is 0 Å². The molecule has 0 amide bonds. The Labute approximate surface area is 127 Å². The highest BCUT2D eigenvalue weighted by Gasteiger charge is 2.29. The number of guanidine groups is 1. The minimum atomic E-state index is -0.388. The van der Waals surface area contributed by atoms with Gasteiger partial charge in [0, 0.05) is 22.5 Å². The third kappa shape index (κ3) is 2.13. The Bertz CT molecular complexity index is 810. The molecule has 2 aromatic carbocycles. The molecule has 2 heterocycles. The summed E-state index contributed by atoms with van der Waals surface area (Å²) in [5.74, 6) is 0.114. The van der Waals surface area contributed by atoms with Crippen LogP contribution in [0.4, 0.5) is 11.4 Å². The lowest BCUT2D eigenvalue weighted by Crippen LogP contribution is -2.22. The number of cyclic esters (lactones) is 1. The molecule has 0 unspecified atom stereocenters. The lowest BCUT2D eigenvalue weighted by atomic mass is 10.0. The molecule has 0 aromatic heterocycles. The zero-order valence-corrected chi connectivity index (χ0v) is 11.7. The molecule has 5 heteroatoms. The monoisotopic (exact) mass is 291 g/mol. The number of hydrogen-bond donors (Lipinski definition) is 2. The number of nitrogens with zero attached hydrogens (tertiary/aromatic N) is 1. The van der Waals surface area contributed by atoms with E-state index < -0.39 is 0 Å². The van der Waals surface area contributed by atoms with Crippen molar-refractivity contribution in [2.24, 2.45) is 4.99 Å². The molecule has 2 aliphatic rings. The molecule has 4 rings (SSSR count). The lowest BCUT2D eigenvalue weighted by molar-refractivity contribution is -0.135. The van der Waals surface area contributed by atoms with Gasteiger partial charge < -0.3 is 15.4 Å². The van der Waals surface area contributed by atoms with Crippen LogP contribution in [-0.4, -0.2) is 18.5 Å². The van der Waals surface area contributed by atoms with E-state index in [1.165, 1.54) is 0 Å². The van der Waals surface area contributed by atoms with Crippen LogP contribution in [0.1, 0.15) is 5.56 Å². The van der Waals surface area contributed by atoms with Gasteiger partial charge in [0.25, 0.3) is 0 Å². The maximum Gasteiger partial charge on any atom is 0.357 e. The summed E-state index contributed by atoms with van der Waals surface area (Å²) in [4.78, 5) is 16.4. The highest BCUT2D eigenvalue weighted by molar-refractivity contribution is 6.13. The van der Waals surface area contributed by atoms with Gasteiger partial charge in [-0.1, -0.05) is 36.4 Å². The second-order valence-corrected chi connectivity index (χ2v) is 5.03. The summed E-state index contributed by atoms with van der Waals surface area (Å²) in [7, 11) is 0. The topological polar surface area (TPSA) is 62.7 Å². The summed E-state index contributed by atoms with van der Waals surface area (Å²) < 4.78 is 5.14. The minimum absolute atomic E-state index is 0.259. The SMILES string of the molecule is O=C1OCC2=C1N=C(Nc1ccccc1)Nc1ccccc12. The van der Waals surface area contributed by atoms with E-state index in [0.717, 1.165) is 22.5 Å². The van der Waals surface area contributed by atoms with Crippen LogP contribution in [0.3, 0.4) is 0 Å². The highest BCUT2D eigenvalue weighted by Crippen LogP contribution is 2.33. The van der Waals surface area contributed by atoms with Crippen molar-refractivity contribution < 1.29 is 9.53 Å². The average Bonchev–Trinajstić information content (AvgIpc) is 2.82. The van der Waals surface area contributed by atoms with Crippen LogP contribution in [0.5, 0.6) is 0 Å². The number of benzene rings is 2. The van der Waals surface area contributed by atoms with E-state index in [0.29, 0.717) is 11.7 Å². The third-order valence-electron chi connectivity index (χ3n) is 3.59. The van der Waals surface area contributed by atoms with Crippen molar-refractivity contribution in [2.45, 2.75) is 0 Å². The molecule has 2 N–H and O–H groups in total. The van der Waals surface area contributed by atoms with Crippen molar-refractivity contribution in [3.8, 4) is 0 Å². The van der Waals surface area contributed by atoms with Crippen LogP contribution in [0.2, 0.25) is 0 Å². The van der Waals surface area contributed by atoms with Crippen LogP contribution in [-0.2, 0) is 9.53 Å². The van der Waals surface area contributed by atoms with Crippen molar-refractivity contribution in [2.75, 3.05) is 17.2 Å². The maximum absolute atomic E-state index is 11.9. The van der Waals surface area contributed by atoms with Gasteiger partial charge in [-0.25, -0.2) is 9.79 Å². The molecule has 108 valence electrons. The van der Waals surface area contributed by atoms with Crippen LogP contribution in [0.15, 0.2) is 65.3 Å². The fraction of sp³-hybridized carbons (Fsp3) is 0.0588. The van der Waals surface area contributed by atoms with E-state index >= 15 is 0 Å². The van der Waals surface area contributed by atoms with E-state index in [1.807, 2.05) is 54.6 Å². The number of carbonyl (C=O) groups is 1. The number of anilines is 2. The van der Waals surface area contributed by atoms with Gasteiger partial charge in [-0.3, -0.25) is 0 Å². The number of fused-ring (bicyclic) bond motifs is 2. The summed E-state index contributed by atoms with van der Waals surface area (Å²) in [6, 6.07) is 17.5. The van der Waals surface area contributed by atoms with Crippen LogP contribution >= 0.6 is 0 Å². The molecular formula is C17H13N3O2. The third-order valence-corrected chi connectivity index (χ3v) is 3.59. The van der Waals surface area contributed by atoms with Crippen molar-refractivity contribution in [1.29, 1.82) is 0 Å². The molecular weight excluding hydrogens is 278 g/mol. The first-order valence-electron chi connectivity index (χ1n) is 6.99. The Morgan fingerprint density at radius 2 is 1.82 bits per heavy atom. The summed E-state index contributed by atoms with van der Waals surface area (Å²) >= 11 is 0. The van der Waals surface area contributed by atoms with Crippen molar-refractivity contribution >= 4 is 28.9 Å². The molecule has 0 atom stereocenters. The predicted molar refractivity (Wildman–Crippen MR) is 85.4 cm³/mol. The van der Waals surface area contributed by atoms with Gasteiger partial charge in [-0.05, 0) is 18.2 Å². The number of hydrogen-bond acceptors (Lipinski definition) is 5. The minimum Gasteiger partial charge on any atom is -0.456 e. The van der Waals surface area contributed by atoms with Gasteiger partial charge in [0.2, 0.25) is 5.96 Å². The average molecular weight is 291 g/mol. The Balaban J connectivity index is 1.79. The maximum atomic E-state index is 11.9. The Morgan fingerprint density at radius 3 is 2.68 bits per heavy atom. The van der Waals surface area contributed by atoms with E-state index in [4.69, 9.17) is 4.74 Å². The van der Waals surface area contributed by atoms with Crippen molar-refractivity contribution in [3.05, 3.63) is 65.9 Å². The van der Waals surface area contributed by atoms with Gasteiger partial charge in [0.15, 0.2) is 5.70 Å². The van der Waals surface area contributed by atoms with E-state index in [2.05, 4.69) is 15.6 Å². The fourth-order valence-electron chi connectivity index (χ4n) is 2.56. The van der Waals surface area contributed by atoms with Crippen LogP contribution in [0, 0.1) is 0 Å². The van der Waals surface area contributed by atoms with Crippen molar-refractivity contribution in [3.63, 3.8) is 0 Å². The number of para-hydroxylation sites is 2. The molecule has 5 nitrogen and oxygen atoms in total. The quantitative estimate of drug-likeness (QED) is 0.793. The highest BCUT2D eigenvalue weighted by atomic mass is 16.5. The predicted octanol–water partition coefficient (Wildman–Crippen LogP) is 2.85. The summed E-state index contributed by atoms with van der Waals surface area (Å²) in [6.45, 7) is 0.259. The summed E-state index contributed by atoms with van der Waals surface area (Å²) in [5.41, 5.74) is 3.90. The molecule has 0 saturated carbocycles. The first-order chi connectivity index (χ1) is 10.8. The number of ether oxygens (including phenoxy) is 1. The molecule has 0 radical (unpaired) electrons. The summed E-state index contributed by atoms with van der Waals surface area (Å²) in [6.07, 6.45) is 0. The zero-order valence-electron chi connectivity index (χ0n) is 11.7. The molecule has 22 heavy (non-hydrogen) atoms. The van der Waals surface area contributed by atoms with E-state index in [9.17, 15) is 4.79 Å². The molecule has 0 saturated heterocycles. The Hall–Kier alpha value is -3.08. The van der Waals surface area contributed by atoms with Gasteiger partial charge in [-0.2, -0.15) is 0 Å². The number of carbonyl (C=O) groups excluding carboxylic acids is 1. The smallest absolute Gasteiger partial charge is 0.357 e. The number of rotatable bonds is 1. The number of aliphatic imine (C=N–C) groups is 1. The molecule has 0 spiro atoms. The van der Waals surface area contributed by atoms with Gasteiger partial charge in [0.1, 0.15) is 6.61 Å². The van der Waals surface area contributed by atoms with Gasteiger partial charge in [0.05, 0.1) is 0 Å². The van der Waals surface area contributed by atoms with Crippen LogP contribution in [0.25, 0.3) is 5.57 Å². The Kier molecular flexibility index (Phi) is 2.89. The number of nitrogens with one attached hydrogen (secondary N) is 2. The zero-order chi connectivity index (χ0) is 14.9. The lowest BCUT2D eigenvalue weighted by Gasteiger charge is -2.13. The Morgan fingerprint density at radius 1 is 1.05 bits per heavy atom. The molecule has 2 aliphatic heterocycles. The van der Waals surface area contributed by atoms with Crippen LogP contribution < -0.4 is 10.6 Å². The normalized spacial score (nSPS) is 16.0. The molecule has 0 fully saturated rings. The first-order valence-corrected chi connectivity index (χ1v) is 6.99. The molecule has 0 bridgehead atoms. The number of esters is 1. The second kappa shape index (κ2) is 5.04. The van der Waals surface area contributed by atoms with E-state index in [-0.39, 0.29) is 12.6 Å². The largest absolute Gasteiger partial charge is 0.456 e. The van der Waals surface area contributed by atoms with Crippen molar-refractivity contribution in [1.82, 2.24) is 0 Å².